The molecule has 0 spiro atoms. The molecular formula is C26H28FN3O4S. The van der Waals surface area contributed by atoms with E-state index in [4.69, 9.17) is 0 Å². The minimum Gasteiger partial charge on any atom is -0.478 e. The number of aromatic carboxylic acids is 1. The lowest BCUT2D eigenvalue weighted by Crippen LogP contribution is -2.46. The van der Waals surface area contributed by atoms with Gasteiger partial charge in [-0.15, -0.1) is 0 Å². The monoisotopic (exact) mass is 497 g/mol. The highest BCUT2D eigenvalue weighted by molar-refractivity contribution is 7.92. The van der Waals surface area contributed by atoms with Crippen LogP contribution >= 0.6 is 0 Å². The lowest BCUT2D eigenvalue weighted by atomic mass is 10.1. The molecule has 0 aliphatic carbocycles. The maximum atomic E-state index is 13.5. The standard InChI is InChI=1S/C26H28FN3O4S/c1-18-12-19(2)14-23(13-18)35(33,34)28-22-6-7-25(24(16-22)26(31)32)30-10-8-29(9-11-30)17-20-4-3-5-21(27)15-20/h3-7,12-16,28H,8-11,17H2,1-2H3,(H,31,32). The summed E-state index contributed by atoms with van der Waals surface area (Å²) >= 11 is 0. The van der Waals surface area contributed by atoms with E-state index in [1.807, 2.05) is 30.9 Å². The van der Waals surface area contributed by atoms with Gasteiger partial charge in [0.25, 0.3) is 10.0 Å². The maximum Gasteiger partial charge on any atom is 0.337 e. The largest absolute Gasteiger partial charge is 0.478 e. The van der Waals surface area contributed by atoms with Crippen molar-refractivity contribution < 1.29 is 22.7 Å². The van der Waals surface area contributed by atoms with E-state index in [1.165, 1.54) is 18.2 Å². The molecule has 0 atom stereocenters. The summed E-state index contributed by atoms with van der Waals surface area (Å²) in [5.74, 6) is -1.39. The van der Waals surface area contributed by atoms with Crippen LogP contribution in [0.25, 0.3) is 0 Å². The topological polar surface area (TPSA) is 90.0 Å². The molecule has 1 heterocycles. The number of nitrogens with one attached hydrogen (secondary N) is 1. The van der Waals surface area contributed by atoms with Crippen LogP contribution in [0.1, 0.15) is 27.0 Å². The number of benzene rings is 3. The van der Waals surface area contributed by atoms with Crippen molar-refractivity contribution in [2.75, 3.05) is 35.8 Å². The summed E-state index contributed by atoms with van der Waals surface area (Å²) in [6.07, 6.45) is 0. The van der Waals surface area contributed by atoms with Crippen LogP contribution in [0.5, 0.6) is 0 Å². The van der Waals surface area contributed by atoms with Crippen molar-refractivity contribution in [3.05, 3.63) is 88.7 Å². The Balaban J connectivity index is 1.48. The lowest BCUT2D eigenvalue weighted by Gasteiger charge is -2.36. The van der Waals surface area contributed by atoms with Gasteiger partial charge in [-0.3, -0.25) is 9.62 Å². The van der Waals surface area contributed by atoms with Crippen molar-refractivity contribution in [1.82, 2.24) is 4.90 Å². The summed E-state index contributed by atoms with van der Waals surface area (Å²) < 4.78 is 41.7. The van der Waals surface area contributed by atoms with Crippen molar-refractivity contribution in [2.45, 2.75) is 25.3 Å². The second kappa shape index (κ2) is 10.1. The van der Waals surface area contributed by atoms with Crippen molar-refractivity contribution in [1.29, 1.82) is 0 Å². The maximum absolute atomic E-state index is 13.5. The van der Waals surface area contributed by atoms with E-state index in [-0.39, 0.29) is 22.0 Å². The van der Waals surface area contributed by atoms with Gasteiger partial charge < -0.3 is 10.0 Å². The minimum atomic E-state index is -3.87. The molecule has 1 saturated heterocycles. The van der Waals surface area contributed by atoms with Crippen LogP contribution in [0, 0.1) is 19.7 Å². The Morgan fingerprint density at radius 1 is 0.971 bits per heavy atom. The SMILES string of the molecule is Cc1cc(C)cc(S(=O)(=O)Nc2ccc(N3CCN(Cc4cccc(F)c4)CC3)c(C(=O)O)c2)c1. The summed E-state index contributed by atoms with van der Waals surface area (Å²) in [6.45, 7) is 6.85. The first-order valence-corrected chi connectivity index (χ1v) is 12.8. The average molecular weight is 498 g/mol. The average Bonchev–Trinajstić information content (AvgIpc) is 2.79. The van der Waals surface area contributed by atoms with E-state index < -0.39 is 16.0 Å². The molecular weight excluding hydrogens is 469 g/mol. The lowest BCUT2D eigenvalue weighted by molar-refractivity contribution is 0.0697. The van der Waals surface area contributed by atoms with Gasteiger partial charge in [0.1, 0.15) is 5.82 Å². The molecule has 9 heteroatoms. The molecule has 35 heavy (non-hydrogen) atoms. The predicted molar refractivity (Wildman–Crippen MR) is 134 cm³/mol. The summed E-state index contributed by atoms with van der Waals surface area (Å²) in [7, 11) is -3.87. The van der Waals surface area contributed by atoms with Gasteiger partial charge in [0, 0.05) is 38.4 Å². The molecule has 184 valence electrons. The fourth-order valence-electron chi connectivity index (χ4n) is 4.39. The van der Waals surface area contributed by atoms with Gasteiger partial charge in [-0.05, 0) is 73.0 Å². The Kier molecular flexibility index (Phi) is 7.09. The van der Waals surface area contributed by atoms with Gasteiger partial charge in [0.2, 0.25) is 0 Å². The normalized spacial score (nSPS) is 14.7. The first-order valence-electron chi connectivity index (χ1n) is 11.3. The van der Waals surface area contributed by atoms with Crippen LogP contribution in [0.15, 0.2) is 65.6 Å². The third kappa shape index (κ3) is 5.98. The number of hydrogen-bond acceptors (Lipinski definition) is 5. The Hall–Kier alpha value is -3.43. The predicted octanol–water partition coefficient (Wildman–Crippen LogP) is 4.26. The molecule has 1 fully saturated rings. The number of rotatable bonds is 7. The highest BCUT2D eigenvalue weighted by Gasteiger charge is 2.23. The van der Waals surface area contributed by atoms with Gasteiger partial charge in [0.15, 0.2) is 0 Å². The number of carboxylic acids is 1. The fraction of sp³-hybridized carbons (Fsp3) is 0.269. The van der Waals surface area contributed by atoms with Gasteiger partial charge in [-0.1, -0.05) is 18.2 Å². The Morgan fingerprint density at radius 2 is 1.66 bits per heavy atom. The molecule has 0 saturated carbocycles. The number of carbonyl (C=O) groups is 1. The number of nitrogens with zero attached hydrogens (tertiary/aromatic N) is 2. The van der Waals surface area contributed by atoms with E-state index in [0.29, 0.717) is 38.4 Å². The second-order valence-electron chi connectivity index (χ2n) is 8.86. The smallest absolute Gasteiger partial charge is 0.337 e. The van der Waals surface area contributed by atoms with Crippen LogP contribution in [-0.2, 0) is 16.6 Å². The fourth-order valence-corrected chi connectivity index (χ4v) is 5.63. The van der Waals surface area contributed by atoms with E-state index in [2.05, 4.69) is 9.62 Å². The zero-order valence-electron chi connectivity index (χ0n) is 19.7. The second-order valence-corrected chi connectivity index (χ2v) is 10.5. The summed E-state index contributed by atoms with van der Waals surface area (Å²) in [4.78, 5) is 16.3. The van der Waals surface area contributed by atoms with Crippen LogP contribution in [-0.4, -0.2) is 50.6 Å². The minimum absolute atomic E-state index is 0.0317. The highest BCUT2D eigenvalue weighted by atomic mass is 32.2. The third-order valence-corrected chi connectivity index (χ3v) is 7.35. The zero-order valence-corrected chi connectivity index (χ0v) is 20.5. The van der Waals surface area contributed by atoms with Crippen molar-refractivity contribution >= 4 is 27.4 Å². The zero-order chi connectivity index (χ0) is 25.2. The molecule has 0 aromatic heterocycles. The quantitative estimate of drug-likeness (QED) is 0.507. The summed E-state index contributed by atoms with van der Waals surface area (Å²) in [5.41, 5.74) is 3.30. The molecule has 0 amide bonds. The van der Waals surface area contributed by atoms with Crippen LogP contribution < -0.4 is 9.62 Å². The highest BCUT2D eigenvalue weighted by Crippen LogP contribution is 2.28. The first kappa shape index (κ1) is 24.7. The van der Waals surface area contributed by atoms with E-state index in [0.717, 1.165) is 16.7 Å². The molecule has 1 aliphatic heterocycles. The number of halogens is 1. The molecule has 0 radical (unpaired) electrons. The Bertz CT molecular complexity index is 1330. The number of hydrogen-bond donors (Lipinski definition) is 2. The Labute approximate surface area is 204 Å². The molecule has 0 unspecified atom stereocenters. The van der Waals surface area contributed by atoms with Crippen LogP contribution in [0.3, 0.4) is 0 Å². The van der Waals surface area contributed by atoms with E-state index in [9.17, 15) is 22.7 Å². The third-order valence-electron chi connectivity index (χ3n) is 5.99. The molecule has 2 N–H and O–H groups in total. The number of anilines is 2. The number of carboxylic acid groups (broad SMARTS) is 1. The summed E-state index contributed by atoms with van der Waals surface area (Å²) in [6, 6.07) is 16.1. The summed E-state index contributed by atoms with van der Waals surface area (Å²) in [5, 5.41) is 9.83. The van der Waals surface area contributed by atoms with Crippen molar-refractivity contribution in [2.24, 2.45) is 0 Å². The number of sulfonamides is 1. The van der Waals surface area contributed by atoms with Gasteiger partial charge in [0.05, 0.1) is 16.1 Å². The number of aryl methyl sites for hydroxylation is 2. The van der Waals surface area contributed by atoms with Crippen molar-refractivity contribution in [3.63, 3.8) is 0 Å². The number of piperazine rings is 1. The molecule has 1 aliphatic rings. The molecule has 0 bridgehead atoms. The van der Waals surface area contributed by atoms with Crippen LogP contribution in [0.2, 0.25) is 0 Å². The molecule has 4 rings (SSSR count). The van der Waals surface area contributed by atoms with Gasteiger partial charge >= 0.3 is 5.97 Å². The van der Waals surface area contributed by atoms with Crippen LogP contribution in [0.4, 0.5) is 15.8 Å². The molecule has 7 nitrogen and oxygen atoms in total. The van der Waals surface area contributed by atoms with Gasteiger partial charge in [-0.25, -0.2) is 17.6 Å². The van der Waals surface area contributed by atoms with Crippen molar-refractivity contribution in [3.8, 4) is 0 Å². The van der Waals surface area contributed by atoms with E-state index >= 15 is 0 Å². The van der Waals surface area contributed by atoms with Gasteiger partial charge in [-0.2, -0.15) is 0 Å². The first-order chi connectivity index (χ1) is 16.6. The molecule has 3 aromatic carbocycles. The van der Waals surface area contributed by atoms with E-state index in [1.54, 1.807) is 30.3 Å². The molecule has 3 aromatic rings. The Morgan fingerprint density at radius 3 is 2.29 bits per heavy atom.